The highest BCUT2D eigenvalue weighted by atomic mass is 19.4. The molecule has 10 heavy (non-hydrogen) atoms. The molecular formula is C6H8F4. The Bertz CT molecular complexity index is 105. The van der Waals surface area contributed by atoms with Crippen molar-refractivity contribution >= 4 is 0 Å². The van der Waals surface area contributed by atoms with Gasteiger partial charge in [0.15, 0.2) is 6.17 Å². The molecule has 0 spiro atoms. The number of hydrogen-bond donors (Lipinski definition) is 0. The van der Waals surface area contributed by atoms with Crippen LogP contribution in [0.2, 0.25) is 0 Å². The van der Waals surface area contributed by atoms with Gasteiger partial charge in [0, 0.05) is 0 Å². The Morgan fingerprint density at radius 2 is 1.90 bits per heavy atom. The zero-order chi connectivity index (χ0) is 8.20. The molecule has 0 nitrogen and oxygen atoms in total. The van der Waals surface area contributed by atoms with E-state index in [1.54, 1.807) is 0 Å². The molecule has 0 aromatic carbocycles. The van der Waals surface area contributed by atoms with Gasteiger partial charge in [-0.25, -0.2) is 4.39 Å². The molecule has 0 aliphatic rings. The summed E-state index contributed by atoms with van der Waals surface area (Å²) < 4.78 is 46.0. The lowest BCUT2D eigenvalue weighted by atomic mass is 10.2. The number of allylic oxidation sites excluding steroid dienone is 1. The third-order valence-electron chi connectivity index (χ3n) is 0.979. The van der Waals surface area contributed by atoms with E-state index in [1.165, 1.54) is 6.08 Å². The number of halogens is 4. The molecule has 0 bridgehead atoms. The molecule has 0 N–H and O–H groups in total. The van der Waals surface area contributed by atoms with E-state index in [2.05, 4.69) is 6.58 Å². The highest BCUT2D eigenvalue weighted by molar-refractivity contribution is 4.73. The van der Waals surface area contributed by atoms with Gasteiger partial charge in [-0.1, -0.05) is 6.08 Å². The lowest BCUT2D eigenvalue weighted by Gasteiger charge is -2.09. The summed E-state index contributed by atoms with van der Waals surface area (Å²) in [6.07, 6.45) is -6.61. The van der Waals surface area contributed by atoms with Crippen LogP contribution in [0.1, 0.15) is 12.8 Å². The summed E-state index contributed by atoms with van der Waals surface area (Å²) in [7, 11) is 0. The van der Waals surface area contributed by atoms with Gasteiger partial charge in [0.1, 0.15) is 0 Å². The molecule has 0 aliphatic heterocycles. The molecule has 0 aromatic heterocycles. The van der Waals surface area contributed by atoms with Crippen LogP contribution in [0.4, 0.5) is 17.6 Å². The van der Waals surface area contributed by atoms with Crippen molar-refractivity contribution in [2.45, 2.75) is 25.2 Å². The van der Waals surface area contributed by atoms with E-state index in [4.69, 9.17) is 0 Å². The van der Waals surface area contributed by atoms with Crippen molar-refractivity contribution in [1.29, 1.82) is 0 Å². The molecule has 0 aromatic rings. The smallest absolute Gasteiger partial charge is 0.237 e. The molecule has 1 atom stereocenters. The molecule has 0 radical (unpaired) electrons. The fraction of sp³-hybridized carbons (Fsp3) is 0.667. The van der Waals surface area contributed by atoms with E-state index in [-0.39, 0.29) is 6.42 Å². The highest BCUT2D eigenvalue weighted by Gasteiger charge is 2.38. The van der Waals surface area contributed by atoms with Crippen LogP contribution in [0.3, 0.4) is 0 Å². The van der Waals surface area contributed by atoms with Crippen LogP contribution < -0.4 is 0 Å². The molecule has 0 rings (SSSR count). The van der Waals surface area contributed by atoms with Crippen molar-refractivity contribution < 1.29 is 17.6 Å². The molecule has 0 saturated heterocycles. The second-order valence-corrected chi connectivity index (χ2v) is 1.88. The summed E-state index contributed by atoms with van der Waals surface area (Å²) in [5.74, 6) is 0. The third kappa shape index (κ3) is 3.48. The Morgan fingerprint density at radius 1 is 1.40 bits per heavy atom. The largest absolute Gasteiger partial charge is 0.419 e. The average molecular weight is 156 g/mol. The van der Waals surface area contributed by atoms with Crippen LogP contribution >= 0.6 is 0 Å². The van der Waals surface area contributed by atoms with E-state index in [0.29, 0.717) is 0 Å². The minimum atomic E-state index is -4.71. The van der Waals surface area contributed by atoms with Crippen LogP contribution in [-0.4, -0.2) is 12.3 Å². The summed E-state index contributed by atoms with van der Waals surface area (Å²) in [5, 5.41) is 0. The summed E-state index contributed by atoms with van der Waals surface area (Å²) in [6, 6.07) is 0. The first-order valence-electron chi connectivity index (χ1n) is 2.80. The minimum Gasteiger partial charge on any atom is -0.237 e. The van der Waals surface area contributed by atoms with Gasteiger partial charge < -0.3 is 0 Å². The fourth-order valence-corrected chi connectivity index (χ4v) is 0.428. The number of rotatable bonds is 3. The molecule has 0 saturated carbocycles. The first-order valence-corrected chi connectivity index (χ1v) is 2.80. The standard InChI is InChI=1S/C6H8F4/c1-2-3-4-5(7)6(8,9)10/h2,5H,1,3-4H2. The second kappa shape index (κ2) is 3.58. The quantitative estimate of drug-likeness (QED) is 0.435. The molecule has 0 amide bonds. The summed E-state index contributed by atoms with van der Waals surface area (Å²) >= 11 is 0. The molecular weight excluding hydrogens is 148 g/mol. The Hall–Kier alpha value is -0.540. The van der Waals surface area contributed by atoms with Gasteiger partial charge in [-0.2, -0.15) is 13.2 Å². The van der Waals surface area contributed by atoms with Crippen molar-refractivity contribution in [2.24, 2.45) is 0 Å². The van der Waals surface area contributed by atoms with Crippen molar-refractivity contribution in [1.82, 2.24) is 0 Å². The van der Waals surface area contributed by atoms with Crippen LogP contribution in [-0.2, 0) is 0 Å². The first kappa shape index (κ1) is 9.46. The van der Waals surface area contributed by atoms with Gasteiger partial charge >= 0.3 is 6.18 Å². The SMILES string of the molecule is C=CCCC(F)C(F)(F)F. The van der Waals surface area contributed by atoms with Gasteiger partial charge in [-0.05, 0) is 12.8 Å². The Morgan fingerprint density at radius 3 is 2.20 bits per heavy atom. The number of alkyl halides is 4. The maximum Gasteiger partial charge on any atom is 0.419 e. The normalized spacial score (nSPS) is 14.8. The molecule has 0 aliphatic carbocycles. The van der Waals surface area contributed by atoms with Gasteiger partial charge in [0.2, 0.25) is 0 Å². The first-order chi connectivity index (χ1) is 4.48. The molecule has 1 unspecified atom stereocenters. The molecule has 0 fully saturated rings. The monoisotopic (exact) mass is 156 g/mol. The Labute approximate surface area is 56.5 Å². The summed E-state index contributed by atoms with van der Waals surface area (Å²) in [6.45, 7) is 3.18. The Kier molecular flexibility index (Phi) is 3.39. The van der Waals surface area contributed by atoms with Crippen LogP contribution in [0, 0.1) is 0 Å². The van der Waals surface area contributed by atoms with Crippen molar-refractivity contribution in [3.8, 4) is 0 Å². The van der Waals surface area contributed by atoms with Crippen LogP contribution in [0.5, 0.6) is 0 Å². The van der Waals surface area contributed by atoms with E-state index in [1.807, 2.05) is 0 Å². The van der Waals surface area contributed by atoms with E-state index < -0.39 is 18.8 Å². The topological polar surface area (TPSA) is 0 Å². The van der Waals surface area contributed by atoms with E-state index in [9.17, 15) is 17.6 Å². The predicted octanol–water partition coefficient (Wildman–Crippen LogP) is 2.85. The van der Waals surface area contributed by atoms with Gasteiger partial charge in [0.25, 0.3) is 0 Å². The van der Waals surface area contributed by atoms with Gasteiger partial charge in [-0.15, -0.1) is 6.58 Å². The number of hydrogen-bond acceptors (Lipinski definition) is 0. The zero-order valence-corrected chi connectivity index (χ0v) is 5.29. The predicted molar refractivity (Wildman–Crippen MR) is 30.4 cm³/mol. The average Bonchev–Trinajstić information content (AvgIpc) is 1.80. The maximum absolute atomic E-state index is 11.9. The highest BCUT2D eigenvalue weighted by Crippen LogP contribution is 2.25. The van der Waals surface area contributed by atoms with Crippen LogP contribution in [0.25, 0.3) is 0 Å². The zero-order valence-electron chi connectivity index (χ0n) is 5.29. The second-order valence-electron chi connectivity index (χ2n) is 1.88. The summed E-state index contributed by atoms with van der Waals surface area (Å²) in [4.78, 5) is 0. The van der Waals surface area contributed by atoms with Crippen molar-refractivity contribution in [2.75, 3.05) is 0 Å². The van der Waals surface area contributed by atoms with Crippen molar-refractivity contribution in [3.05, 3.63) is 12.7 Å². The fourth-order valence-electron chi connectivity index (χ4n) is 0.428. The van der Waals surface area contributed by atoms with Crippen molar-refractivity contribution in [3.63, 3.8) is 0 Å². The Balaban J connectivity index is 3.61. The minimum absolute atomic E-state index is 0.0562. The van der Waals surface area contributed by atoms with Crippen LogP contribution in [0.15, 0.2) is 12.7 Å². The maximum atomic E-state index is 11.9. The van der Waals surface area contributed by atoms with E-state index >= 15 is 0 Å². The lowest BCUT2D eigenvalue weighted by Crippen LogP contribution is -2.23. The summed E-state index contributed by atoms with van der Waals surface area (Å²) in [5.41, 5.74) is 0. The molecule has 4 heteroatoms. The molecule has 0 heterocycles. The molecule has 60 valence electrons. The van der Waals surface area contributed by atoms with E-state index in [0.717, 1.165) is 0 Å². The van der Waals surface area contributed by atoms with Gasteiger partial charge in [-0.3, -0.25) is 0 Å². The lowest BCUT2D eigenvalue weighted by molar-refractivity contribution is -0.181. The third-order valence-corrected chi connectivity index (χ3v) is 0.979. The van der Waals surface area contributed by atoms with Gasteiger partial charge in [0.05, 0.1) is 0 Å².